The lowest BCUT2D eigenvalue weighted by Crippen LogP contribution is -1.90. The van der Waals surface area contributed by atoms with Gasteiger partial charge in [0.1, 0.15) is 5.75 Å². The molecule has 1 aliphatic rings. The molecular weight excluding hydrogens is 270 g/mol. The van der Waals surface area contributed by atoms with Gasteiger partial charge in [-0.1, -0.05) is 18.2 Å². The van der Waals surface area contributed by atoms with Crippen molar-refractivity contribution in [3.63, 3.8) is 0 Å². The highest BCUT2D eigenvalue weighted by Crippen LogP contribution is 2.31. The molecule has 0 amide bonds. The van der Waals surface area contributed by atoms with Crippen LogP contribution in [0.25, 0.3) is 11.6 Å². The van der Waals surface area contributed by atoms with E-state index in [4.69, 9.17) is 4.74 Å². The fourth-order valence-corrected chi connectivity index (χ4v) is 2.72. The average molecular weight is 286 g/mol. The minimum Gasteiger partial charge on any atom is -0.497 e. The number of hydrogen-bond acceptors (Lipinski definition) is 1. The zero-order chi connectivity index (χ0) is 14.8. The van der Waals surface area contributed by atoms with Crippen molar-refractivity contribution in [1.82, 2.24) is 0 Å². The molecule has 2 aromatic carbocycles. The standard InChI is InChI=1S/C18H16F2O/c1-21-16-7-5-14-9-12(3-2-4-13(14)10-16)15-6-8-17(19)18(20)11-15/h5-11H,2-4H2,1H3. The summed E-state index contributed by atoms with van der Waals surface area (Å²) >= 11 is 0. The Kier molecular flexibility index (Phi) is 3.74. The molecule has 0 N–H and O–H groups in total. The van der Waals surface area contributed by atoms with Crippen LogP contribution in [0.3, 0.4) is 0 Å². The van der Waals surface area contributed by atoms with Crippen molar-refractivity contribution < 1.29 is 13.5 Å². The molecule has 0 atom stereocenters. The monoisotopic (exact) mass is 286 g/mol. The summed E-state index contributed by atoms with van der Waals surface area (Å²) in [6.07, 6.45) is 4.84. The van der Waals surface area contributed by atoms with Crippen LogP contribution in [0.2, 0.25) is 0 Å². The zero-order valence-electron chi connectivity index (χ0n) is 11.8. The third kappa shape index (κ3) is 2.82. The van der Waals surface area contributed by atoms with Crippen LogP contribution < -0.4 is 4.74 Å². The second-order valence-electron chi connectivity index (χ2n) is 5.22. The van der Waals surface area contributed by atoms with Crippen LogP contribution in [0.4, 0.5) is 8.78 Å². The number of fused-ring (bicyclic) bond motifs is 1. The number of benzene rings is 2. The van der Waals surface area contributed by atoms with Crippen LogP contribution in [-0.2, 0) is 6.42 Å². The van der Waals surface area contributed by atoms with Crippen LogP contribution >= 0.6 is 0 Å². The number of methoxy groups -OCH3 is 1. The van der Waals surface area contributed by atoms with E-state index < -0.39 is 11.6 Å². The molecule has 0 aliphatic heterocycles. The molecule has 0 saturated carbocycles. The van der Waals surface area contributed by atoms with Gasteiger partial charge < -0.3 is 4.74 Å². The second kappa shape index (κ2) is 5.68. The average Bonchev–Trinajstić information content (AvgIpc) is 2.71. The summed E-state index contributed by atoms with van der Waals surface area (Å²) in [5.74, 6) is -0.760. The Morgan fingerprint density at radius 3 is 2.57 bits per heavy atom. The molecule has 3 rings (SSSR count). The minimum atomic E-state index is -0.807. The SMILES string of the molecule is COc1ccc2c(c1)CCCC(c1ccc(F)c(F)c1)=C2. The molecule has 0 unspecified atom stereocenters. The van der Waals surface area contributed by atoms with Gasteiger partial charge >= 0.3 is 0 Å². The van der Waals surface area contributed by atoms with Gasteiger partial charge in [0, 0.05) is 0 Å². The maximum Gasteiger partial charge on any atom is 0.159 e. The van der Waals surface area contributed by atoms with Crippen molar-refractivity contribution >= 4 is 11.6 Å². The number of hydrogen-bond donors (Lipinski definition) is 0. The molecule has 3 heteroatoms. The largest absolute Gasteiger partial charge is 0.497 e. The number of halogens is 2. The first-order chi connectivity index (χ1) is 10.2. The Bertz CT molecular complexity index is 704. The van der Waals surface area contributed by atoms with Gasteiger partial charge in [-0.05, 0) is 65.8 Å². The van der Waals surface area contributed by atoms with Gasteiger partial charge in [-0.2, -0.15) is 0 Å². The Hall–Kier alpha value is -2.16. The summed E-state index contributed by atoms with van der Waals surface area (Å²) in [7, 11) is 1.65. The van der Waals surface area contributed by atoms with Gasteiger partial charge in [0.25, 0.3) is 0 Å². The van der Waals surface area contributed by atoms with Crippen LogP contribution in [0.5, 0.6) is 5.75 Å². The molecule has 21 heavy (non-hydrogen) atoms. The molecular formula is C18H16F2O. The van der Waals surface area contributed by atoms with Crippen molar-refractivity contribution in [2.45, 2.75) is 19.3 Å². The highest BCUT2D eigenvalue weighted by molar-refractivity contribution is 5.83. The lowest BCUT2D eigenvalue weighted by atomic mass is 10.0. The molecule has 0 spiro atoms. The van der Waals surface area contributed by atoms with E-state index in [1.165, 1.54) is 17.7 Å². The Morgan fingerprint density at radius 2 is 1.81 bits per heavy atom. The predicted molar refractivity (Wildman–Crippen MR) is 80.2 cm³/mol. The number of aryl methyl sites for hydroxylation is 1. The van der Waals surface area contributed by atoms with Gasteiger partial charge in [0.15, 0.2) is 11.6 Å². The van der Waals surface area contributed by atoms with Crippen molar-refractivity contribution in [2.24, 2.45) is 0 Å². The summed E-state index contributed by atoms with van der Waals surface area (Å²) in [5.41, 5.74) is 4.13. The van der Waals surface area contributed by atoms with Crippen molar-refractivity contribution in [1.29, 1.82) is 0 Å². The van der Waals surface area contributed by atoms with Gasteiger partial charge in [0.2, 0.25) is 0 Å². The third-order valence-electron chi connectivity index (χ3n) is 3.86. The topological polar surface area (TPSA) is 9.23 Å². The second-order valence-corrected chi connectivity index (χ2v) is 5.22. The van der Waals surface area contributed by atoms with E-state index in [-0.39, 0.29) is 0 Å². The number of allylic oxidation sites excluding steroid dienone is 1. The number of rotatable bonds is 2. The molecule has 0 fully saturated rings. The molecule has 1 aliphatic carbocycles. The van der Waals surface area contributed by atoms with Gasteiger partial charge in [-0.25, -0.2) is 8.78 Å². The Balaban J connectivity index is 2.02. The van der Waals surface area contributed by atoms with Crippen LogP contribution in [0.1, 0.15) is 29.5 Å². The lowest BCUT2D eigenvalue weighted by molar-refractivity contribution is 0.414. The fourth-order valence-electron chi connectivity index (χ4n) is 2.72. The summed E-state index contributed by atoms with van der Waals surface area (Å²) in [4.78, 5) is 0. The van der Waals surface area contributed by atoms with Crippen LogP contribution in [0.15, 0.2) is 36.4 Å². The normalized spacial score (nSPS) is 14.1. The van der Waals surface area contributed by atoms with E-state index in [0.29, 0.717) is 0 Å². The van der Waals surface area contributed by atoms with Gasteiger partial charge in [0.05, 0.1) is 7.11 Å². The molecule has 1 nitrogen and oxygen atoms in total. The van der Waals surface area contributed by atoms with E-state index in [2.05, 4.69) is 6.08 Å². The summed E-state index contributed by atoms with van der Waals surface area (Å²) in [6, 6.07) is 10.1. The predicted octanol–water partition coefficient (Wildman–Crippen LogP) is 4.85. The summed E-state index contributed by atoms with van der Waals surface area (Å²) in [5, 5.41) is 0. The minimum absolute atomic E-state index is 0.748. The Morgan fingerprint density at radius 1 is 0.952 bits per heavy atom. The highest BCUT2D eigenvalue weighted by Gasteiger charge is 2.12. The Labute approximate surface area is 122 Å². The smallest absolute Gasteiger partial charge is 0.159 e. The fraction of sp³-hybridized carbons (Fsp3) is 0.222. The van der Waals surface area contributed by atoms with Gasteiger partial charge in [-0.3, -0.25) is 0 Å². The van der Waals surface area contributed by atoms with Crippen molar-refractivity contribution in [3.05, 3.63) is 64.7 Å². The molecule has 0 saturated heterocycles. The molecule has 2 aromatic rings. The van der Waals surface area contributed by atoms with E-state index >= 15 is 0 Å². The zero-order valence-corrected chi connectivity index (χ0v) is 11.8. The third-order valence-corrected chi connectivity index (χ3v) is 3.86. The molecule has 0 radical (unpaired) electrons. The quantitative estimate of drug-likeness (QED) is 0.766. The summed E-state index contributed by atoms with van der Waals surface area (Å²) < 4.78 is 31.7. The molecule has 0 bridgehead atoms. The van der Waals surface area contributed by atoms with E-state index in [0.717, 1.165) is 41.7 Å². The van der Waals surface area contributed by atoms with Crippen LogP contribution in [0, 0.1) is 11.6 Å². The van der Waals surface area contributed by atoms with E-state index in [1.807, 2.05) is 18.2 Å². The van der Waals surface area contributed by atoms with Crippen LogP contribution in [-0.4, -0.2) is 7.11 Å². The first-order valence-electron chi connectivity index (χ1n) is 7.00. The van der Waals surface area contributed by atoms with Crippen molar-refractivity contribution in [3.8, 4) is 5.75 Å². The first-order valence-corrected chi connectivity index (χ1v) is 7.00. The molecule has 0 heterocycles. The first kappa shape index (κ1) is 13.8. The van der Waals surface area contributed by atoms with E-state index in [1.54, 1.807) is 13.2 Å². The maximum absolute atomic E-state index is 13.4. The van der Waals surface area contributed by atoms with Crippen molar-refractivity contribution in [2.75, 3.05) is 7.11 Å². The number of ether oxygens (including phenoxy) is 1. The van der Waals surface area contributed by atoms with E-state index in [9.17, 15) is 8.78 Å². The molecule has 0 aromatic heterocycles. The lowest BCUT2D eigenvalue weighted by Gasteiger charge is -2.07. The summed E-state index contributed by atoms with van der Waals surface area (Å²) in [6.45, 7) is 0. The highest BCUT2D eigenvalue weighted by atomic mass is 19.2. The van der Waals surface area contributed by atoms with Gasteiger partial charge in [-0.15, -0.1) is 0 Å². The molecule has 108 valence electrons. The maximum atomic E-state index is 13.4.